The van der Waals surface area contributed by atoms with Crippen LogP contribution in [0.3, 0.4) is 0 Å². The number of methoxy groups -OCH3 is 1. The van der Waals surface area contributed by atoms with E-state index in [0.717, 1.165) is 0 Å². The molecule has 0 saturated carbocycles. The lowest BCUT2D eigenvalue weighted by Crippen LogP contribution is -2.09. The molecule has 0 aliphatic carbocycles. The number of rotatable bonds is 4. The van der Waals surface area contributed by atoms with E-state index in [2.05, 4.69) is 5.32 Å². The third kappa shape index (κ3) is 3.73. The molecule has 0 fully saturated rings. The summed E-state index contributed by atoms with van der Waals surface area (Å²) in [6.07, 6.45) is 0. The second-order valence-electron chi connectivity index (χ2n) is 4.50. The molecule has 1 unspecified atom stereocenters. The van der Waals surface area contributed by atoms with Gasteiger partial charge in [0, 0.05) is 10.0 Å². The van der Waals surface area contributed by atoms with Crippen molar-refractivity contribution in [1.82, 2.24) is 0 Å². The van der Waals surface area contributed by atoms with Crippen LogP contribution in [0.4, 0.5) is 10.1 Å². The molecule has 0 aliphatic heterocycles. The Morgan fingerprint density at radius 3 is 2.48 bits per heavy atom. The fourth-order valence-electron chi connectivity index (χ4n) is 1.97. The average Bonchev–Trinajstić information content (AvgIpc) is 2.43. The van der Waals surface area contributed by atoms with Gasteiger partial charge < -0.3 is 10.1 Å². The molecule has 0 bridgehead atoms. The van der Waals surface area contributed by atoms with Crippen LogP contribution in [0.2, 0.25) is 15.1 Å². The van der Waals surface area contributed by atoms with Gasteiger partial charge in [-0.1, -0.05) is 34.8 Å². The summed E-state index contributed by atoms with van der Waals surface area (Å²) >= 11 is 17.8. The van der Waals surface area contributed by atoms with E-state index >= 15 is 0 Å². The number of hydrogen-bond acceptors (Lipinski definition) is 2. The number of anilines is 1. The van der Waals surface area contributed by atoms with Crippen molar-refractivity contribution in [2.75, 3.05) is 12.4 Å². The number of benzene rings is 2. The lowest BCUT2D eigenvalue weighted by Gasteiger charge is -2.19. The van der Waals surface area contributed by atoms with Crippen molar-refractivity contribution in [3.8, 4) is 5.75 Å². The number of ether oxygens (including phenoxy) is 1. The highest BCUT2D eigenvalue weighted by Crippen LogP contribution is 2.34. The van der Waals surface area contributed by atoms with Gasteiger partial charge >= 0.3 is 0 Å². The monoisotopic (exact) mass is 347 g/mol. The second kappa shape index (κ2) is 6.73. The van der Waals surface area contributed by atoms with Crippen LogP contribution in [0, 0.1) is 5.82 Å². The Morgan fingerprint density at radius 2 is 1.81 bits per heavy atom. The molecule has 6 heteroatoms. The zero-order chi connectivity index (χ0) is 15.6. The zero-order valence-electron chi connectivity index (χ0n) is 11.4. The summed E-state index contributed by atoms with van der Waals surface area (Å²) in [6.45, 7) is 1.86. The van der Waals surface area contributed by atoms with E-state index in [1.165, 1.54) is 12.1 Å². The number of halogens is 4. The van der Waals surface area contributed by atoms with Gasteiger partial charge in [-0.05, 0) is 42.8 Å². The Morgan fingerprint density at radius 1 is 1.10 bits per heavy atom. The van der Waals surface area contributed by atoms with Crippen molar-refractivity contribution in [3.05, 3.63) is 56.8 Å². The Labute approximate surface area is 137 Å². The maximum absolute atomic E-state index is 13.6. The van der Waals surface area contributed by atoms with Crippen LogP contribution in [0.5, 0.6) is 5.75 Å². The molecule has 1 atom stereocenters. The molecule has 2 rings (SSSR count). The van der Waals surface area contributed by atoms with Gasteiger partial charge in [-0.15, -0.1) is 0 Å². The predicted molar refractivity (Wildman–Crippen MR) is 86.5 cm³/mol. The molecular weight excluding hydrogens is 336 g/mol. The van der Waals surface area contributed by atoms with E-state index in [9.17, 15) is 4.39 Å². The number of hydrogen-bond donors (Lipinski definition) is 1. The maximum Gasteiger partial charge on any atom is 0.142 e. The normalized spacial score (nSPS) is 12.1. The lowest BCUT2D eigenvalue weighted by atomic mass is 10.1. The molecule has 0 radical (unpaired) electrons. The summed E-state index contributed by atoms with van der Waals surface area (Å²) in [5.41, 5.74) is 1.30. The van der Waals surface area contributed by atoms with E-state index in [0.29, 0.717) is 27.0 Å². The van der Waals surface area contributed by atoms with Crippen molar-refractivity contribution in [3.63, 3.8) is 0 Å². The van der Waals surface area contributed by atoms with Crippen LogP contribution in [0.15, 0.2) is 30.3 Å². The van der Waals surface area contributed by atoms with E-state index in [1.807, 2.05) is 6.92 Å². The first-order valence-electron chi connectivity index (χ1n) is 6.17. The second-order valence-corrected chi connectivity index (χ2v) is 5.75. The minimum atomic E-state index is -0.511. The van der Waals surface area contributed by atoms with Crippen LogP contribution in [0.1, 0.15) is 18.5 Å². The number of nitrogens with one attached hydrogen (secondary N) is 1. The predicted octanol–water partition coefficient (Wildman–Crippen LogP) is 5.97. The molecule has 112 valence electrons. The van der Waals surface area contributed by atoms with Gasteiger partial charge in [0.2, 0.25) is 0 Å². The van der Waals surface area contributed by atoms with Crippen LogP contribution < -0.4 is 10.1 Å². The van der Waals surface area contributed by atoms with Gasteiger partial charge in [-0.3, -0.25) is 0 Å². The molecule has 0 heterocycles. The summed E-state index contributed by atoms with van der Waals surface area (Å²) < 4.78 is 18.9. The minimum absolute atomic E-state index is 0.00344. The van der Waals surface area contributed by atoms with Gasteiger partial charge in [0.05, 0.1) is 23.9 Å². The van der Waals surface area contributed by atoms with Gasteiger partial charge in [-0.25, -0.2) is 4.39 Å². The van der Waals surface area contributed by atoms with E-state index in [4.69, 9.17) is 39.5 Å². The summed E-state index contributed by atoms with van der Waals surface area (Å²) in [6, 6.07) is 7.67. The standard InChI is InChI=1S/C15H13Cl3FNO/c1-8(10-6-13(19)12(18)7-11(10)17)20-14-5-9(16)3-4-15(14)21-2/h3-8,20H,1-2H3. The first kappa shape index (κ1) is 16.2. The summed E-state index contributed by atoms with van der Waals surface area (Å²) in [4.78, 5) is 0. The van der Waals surface area contributed by atoms with Gasteiger partial charge in [0.25, 0.3) is 0 Å². The Bertz CT molecular complexity index is 664. The molecule has 0 amide bonds. The SMILES string of the molecule is COc1ccc(Cl)cc1NC(C)c1cc(F)c(Cl)cc1Cl. The molecule has 0 aromatic heterocycles. The summed E-state index contributed by atoms with van der Waals surface area (Å²) in [7, 11) is 1.56. The van der Waals surface area contributed by atoms with Gasteiger partial charge in [0.15, 0.2) is 0 Å². The molecule has 0 saturated heterocycles. The van der Waals surface area contributed by atoms with Gasteiger partial charge in [-0.2, -0.15) is 0 Å². The molecule has 2 aromatic carbocycles. The molecule has 21 heavy (non-hydrogen) atoms. The zero-order valence-corrected chi connectivity index (χ0v) is 13.7. The fourth-order valence-corrected chi connectivity index (χ4v) is 2.69. The maximum atomic E-state index is 13.6. The van der Waals surface area contributed by atoms with Crippen molar-refractivity contribution in [1.29, 1.82) is 0 Å². The first-order chi connectivity index (χ1) is 9.92. The average molecular weight is 349 g/mol. The highest BCUT2D eigenvalue weighted by atomic mass is 35.5. The van der Waals surface area contributed by atoms with E-state index in [-0.39, 0.29) is 11.1 Å². The molecule has 0 spiro atoms. The Balaban J connectivity index is 2.32. The van der Waals surface area contributed by atoms with Gasteiger partial charge in [0.1, 0.15) is 11.6 Å². The molecule has 2 nitrogen and oxygen atoms in total. The third-order valence-electron chi connectivity index (χ3n) is 3.04. The Kier molecular flexibility index (Phi) is 5.20. The van der Waals surface area contributed by atoms with E-state index < -0.39 is 5.82 Å². The molecule has 1 N–H and O–H groups in total. The quantitative estimate of drug-likeness (QED) is 0.687. The highest BCUT2D eigenvalue weighted by Gasteiger charge is 2.15. The van der Waals surface area contributed by atoms with Crippen molar-refractivity contribution < 1.29 is 9.13 Å². The van der Waals surface area contributed by atoms with Crippen molar-refractivity contribution >= 4 is 40.5 Å². The largest absolute Gasteiger partial charge is 0.495 e. The minimum Gasteiger partial charge on any atom is -0.495 e. The van der Waals surface area contributed by atoms with Crippen molar-refractivity contribution in [2.24, 2.45) is 0 Å². The van der Waals surface area contributed by atoms with Crippen LogP contribution in [0.25, 0.3) is 0 Å². The summed E-state index contributed by atoms with van der Waals surface area (Å²) in [5.74, 6) is 0.125. The summed E-state index contributed by atoms with van der Waals surface area (Å²) in [5, 5.41) is 4.16. The third-order valence-corrected chi connectivity index (χ3v) is 3.89. The van der Waals surface area contributed by atoms with Crippen LogP contribution in [-0.2, 0) is 0 Å². The smallest absolute Gasteiger partial charge is 0.142 e. The molecule has 0 aliphatic rings. The molecular formula is C15H13Cl3FNO. The van der Waals surface area contributed by atoms with E-state index in [1.54, 1.807) is 25.3 Å². The van der Waals surface area contributed by atoms with Crippen LogP contribution in [-0.4, -0.2) is 7.11 Å². The first-order valence-corrected chi connectivity index (χ1v) is 7.30. The molecule has 2 aromatic rings. The lowest BCUT2D eigenvalue weighted by molar-refractivity contribution is 0.416. The fraction of sp³-hybridized carbons (Fsp3) is 0.200. The van der Waals surface area contributed by atoms with Crippen molar-refractivity contribution in [2.45, 2.75) is 13.0 Å². The Hall–Kier alpha value is -1.16. The van der Waals surface area contributed by atoms with Crippen LogP contribution >= 0.6 is 34.8 Å². The topological polar surface area (TPSA) is 21.3 Å². The highest BCUT2D eigenvalue weighted by molar-refractivity contribution is 6.35.